The Morgan fingerprint density at radius 3 is 2.53 bits per heavy atom. The number of fused-ring (bicyclic) bond motifs is 1. The minimum atomic E-state index is -2.58. The Hall–Kier alpha value is -0.770. The molecule has 0 amide bonds. The monoisotopic (exact) mass is 250 g/mol. The van der Waals surface area contributed by atoms with E-state index in [1.165, 1.54) is 0 Å². The summed E-state index contributed by atoms with van der Waals surface area (Å²) in [6, 6.07) is 0. The van der Waals surface area contributed by atoms with Crippen molar-refractivity contribution in [3.05, 3.63) is 0 Å². The van der Waals surface area contributed by atoms with Crippen LogP contribution in [0, 0.1) is 5.92 Å². The number of hydrogen-bond donors (Lipinski definition) is 6. The minimum Gasteiger partial charge on any atom is -0.477 e. The zero-order valence-electron chi connectivity index (χ0n) is 8.72. The average molecular weight is 250 g/mol. The van der Waals surface area contributed by atoms with Crippen molar-refractivity contribution in [3.63, 3.8) is 0 Å². The fourth-order valence-electron chi connectivity index (χ4n) is 2.41. The standard InChI is InChI=1S/C9H14O8/c10-2-3(11)5-6-9(5,16)4(12)1-8(15,17-6)7(13)14/h3-6,10-12,15-16H,1-2H2,(H,13,14)/t3-,4-,5-,6?,8-,9-/m1/s1. The summed E-state index contributed by atoms with van der Waals surface area (Å²) in [6.07, 6.45) is -4.82. The largest absolute Gasteiger partial charge is 0.477 e. The molecule has 8 heteroatoms. The van der Waals surface area contributed by atoms with Crippen molar-refractivity contribution < 1.29 is 40.2 Å². The van der Waals surface area contributed by atoms with Gasteiger partial charge in [0.15, 0.2) is 0 Å². The average Bonchev–Trinajstić information content (AvgIpc) is 2.84. The molecule has 2 rings (SSSR count). The van der Waals surface area contributed by atoms with Crippen LogP contribution in [0.3, 0.4) is 0 Å². The van der Waals surface area contributed by atoms with Crippen LogP contribution < -0.4 is 0 Å². The minimum absolute atomic E-state index is 0.662. The third-order valence-electron chi connectivity index (χ3n) is 3.47. The van der Waals surface area contributed by atoms with Crippen molar-refractivity contribution in [1.29, 1.82) is 0 Å². The lowest BCUT2D eigenvalue weighted by molar-refractivity contribution is -0.269. The molecular formula is C9H14O8. The second-order valence-corrected chi connectivity index (χ2v) is 4.51. The maximum Gasteiger partial charge on any atom is 0.364 e. The number of aliphatic hydroxyl groups is 5. The van der Waals surface area contributed by atoms with Crippen LogP contribution >= 0.6 is 0 Å². The number of rotatable bonds is 3. The van der Waals surface area contributed by atoms with E-state index in [9.17, 15) is 25.2 Å². The van der Waals surface area contributed by atoms with Gasteiger partial charge in [-0.2, -0.15) is 0 Å². The lowest BCUT2D eigenvalue weighted by atomic mass is 9.97. The lowest BCUT2D eigenvalue weighted by Crippen LogP contribution is -2.53. The summed E-state index contributed by atoms with van der Waals surface area (Å²) in [6.45, 7) is -0.662. The molecular weight excluding hydrogens is 236 g/mol. The van der Waals surface area contributed by atoms with E-state index in [0.717, 1.165) is 0 Å². The fraction of sp³-hybridized carbons (Fsp3) is 0.889. The summed E-state index contributed by atoms with van der Waals surface area (Å²) in [4.78, 5) is 10.8. The Morgan fingerprint density at radius 1 is 1.47 bits per heavy atom. The maximum atomic E-state index is 10.8. The lowest BCUT2D eigenvalue weighted by Gasteiger charge is -2.33. The van der Waals surface area contributed by atoms with Gasteiger partial charge in [0.05, 0.1) is 24.7 Å². The number of carboxylic acid groups (broad SMARTS) is 1. The summed E-state index contributed by atoms with van der Waals surface area (Å²) in [5, 5.41) is 56.0. The van der Waals surface area contributed by atoms with Crippen molar-refractivity contribution >= 4 is 5.97 Å². The first-order chi connectivity index (χ1) is 7.77. The molecule has 1 aliphatic carbocycles. The van der Waals surface area contributed by atoms with Crippen LogP contribution in [0.25, 0.3) is 0 Å². The van der Waals surface area contributed by atoms with Crippen LogP contribution in [0.4, 0.5) is 0 Å². The zero-order valence-corrected chi connectivity index (χ0v) is 8.72. The summed E-state index contributed by atoms with van der Waals surface area (Å²) >= 11 is 0. The van der Waals surface area contributed by atoms with Crippen molar-refractivity contribution in [2.75, 3.05) is 6.61 Å². The van der Waals surface area contributed by atoms with E-state index >= 15 is 0 Å². The van der Waals surface area contributed by atoms with Crippen LogP contribution in [0.1, 0.15) is 6.42 Å². The molecule has 0 aromatic carbocycles. The molecule has 0 bridgehead atoms. The second kappa shape index (κ2) is 3.61. The molecule has 1 aliphatic heterocycles. The normalized spacial score (nSPS) is 50.5. The quantitative estimate of drug-likeness (QED) is 0.304. The predicted molar refractivity (Wildman–Crippen MR) is 49.6 cm³/mol. The molecule has 1 saturated heterocycles. The zero-order chi connectivity index (χ0) is 13.0. The predicted octanol–water partition coefficient (Wildman–Crippen LogP) is -3.38. The van der Waals surface area contributed by atoms with Crippen LogP contribution in [0.15, 0.2) is 0 Å². The molecule has 1 unspecified atom stereocenters. The van der Waals surface area contributed by atoms with Gasteiger partial charge < -0.3 is 35.4 Å². The van der Waals surface area contributed by atoms with E-state index in [2.05, 4.69) is 0 Å². The van der Waals surface area contributed by atoms with Crippen LogP contribution in [0.2, 0.25) is 0 Å². The molecule has 8 nitrogen and oxygen atoms in total. The summed E-state index contributed by atoms with van der Waals surface area (Å²) < 4.78 is 4.79. The first kappa shape index (κ1) is 12.7. The SMILES string of the molecule is O=C(O)[C@@]1(O)C[C@@H](O)[C@]2(O)C(O1)[C@H]2[C@H](O)CO. The topological polar surface area (TPSA) is 148 Å². The molecule has 1 heterocycles. The van der Waals surface area contributed by atoms with Gasteiger partial charge in [-0.15, -0.1) is 0 Å². The van der Waals surface area contributed by atoms with E-state index in [4.69, 9.17) is 14.9 Å². The smallest absolute Gasteiger partial charge is 0.364 e. The molecule has 17 heavy (non-hydrogen) atoms. The number of carbonyl (C=O) groups is 1. The Kier molecular flexibility index (Phi) is 2.69. The van der Waals surface area contributed by atoms with Gasteiger partial charge in [-0.3, -0.25) is 0 Å². The number of ether oxygens (including phenoxy) is 1. The van der Waals surface area contributed by atoms with Crippen molar-refractivity contribution in [3.8, 4) is 0 Å². The van der Waals surface area contributed by atoms with E-state index in [0.29, 0.717) is 0 Å². The Bertz CT molecular complexity index is 346. The molecule has 2 aliphatic rings. The van der Waals surface area contributed by atoms with Crippen LogP contribution in [-0.4, -0.2) is 72.9 Å². The third kappa shape index (κ3) is 1.57. The van der Waals surface area contributed by atoms with Gasteiger partial charge in [0, 0.05) is 6.42 Å². The molecule has 6 atom stereocenters. The second-order valence-electron chi connectivity index (χ2n) is 4.51. The number of aliphatic hydroxyl groups excluding tert-OH is 3. The molecule has 0 radical (unpaired) electrons. The highest BCUT2D eigenvalue weighted by atomic mass is 16.7. The van der Waals surface area contributed by atoms with E-state index in [-0.39, 0.29) is 0 Å². The van der Waals surface area contributed by atoms with E-state index < -0.39 is 54.6 Å². The first-order valence-electron chi connectivity index (χ1n) is 5.10. The molecule has 98 valence electrons. The summed E-state index contributed by atoms with van der Waals surface area (Å²) in [5.74, 6) is -5.28. The molecule has 0 aromatic heterocycles. The number of carboxylic acids is 1. The van der Waals surface area contributed by atoms with Gasteiger partial charge in [-0.05, 0) is 0 Å². The first-order valence-corrected chi connectivity index (χ1v) is 5.10. The number of aliphatic carboxylic acids is 1. The van der Waals surface area contributed by atoms with Gasteiger partial charge in [-0.1, -0.05) is 0 Å². The van der Waals surface area contributed by atoms with Crippen LogP contribution in [-0.2, 0) is 9.53 Å². The Labute approximate surface area is 95.7 Å². The van der Waals surface area contributed by atoms with E-state index in [1.54, 1.807) is 0 Å². The van der Waals surface area contributed by atoms with Crippen LogP contribution in [0.5, 0.6) is 0 Å². The molecule has 2 fully saturated rings. The van der Waals surface area contributed by atoms with Crippen molar-refractivity contribution in [2.24, 2.45) is 5.92 Å². The molecule has 0 aromatic rings. The highest BCUT2D eigenvalue weighted by molar-refractivity contribution is 5.75. The Balaban J connectivity index is 2.21. The molecule has 1 saturated carbocycles. The van der Waals surface area contributed by atoms with Gasteiger partial charge in [0.2, 0.25) is 0 Å². The van der Waals surface area contributed by atoms with Crippen molar-refractivity contribution in [2.45, 2.75) is 36.1 Å². The Morgan fingerprint density at radius 2 is 2.06 bits per heavy atom. The highest BCUT2D eigenvalue weighted by Gasteiger charge is 2.77. The molecule has 0 spiro atoms. The van der Waals surface area contributed by atoms with Crippen molar-refractivity contribution in [1.82, 2.24) is 0 Å². The van der Waals surface area contributed by atoms with Gasteiger partial charge in [0.25, 0.3) is 5.79 Å². The third-order valence-corrected chi connectivity index (χ3v) is 3.47. The molecule has 6 N–H and O–H groups in total. The van der Waals surface area contributed by atoms with Gasteiger partial charge in [-0.25, -0.2) is 4.79 Å². The maximum absolute atomic E-state index is 10.8. The van der Waals surface area contributed by atoms with Gasteiger partial charge in [0.1, 0.15) is 11.7 Å². The van der Waals surface area contributed by atoms with Gasteiger partial charge >= 0.3 is 5.97 Å². The summed E-state index contributed by atoms with van der Waals surface area (Å²) in [5.41, 5.74) is -1.82. The van der Waals surface area contributed by atoms with E-state index in [1.807, 2.05) is 0 Å². The fourth-order valence-corrected chi connectivity index (χ4v) is 2.41. The highest BCUT2D eigenvalue weighted by Crippen LogP contribution is 2.56. The number of hydrogen-bond acceptors (Lipinski definition) is 7. The summed E-state index contributed by atoms with van der Waals surface area (Å²) in [7, 11) is 0.